The van der Waals surface area contributed by atoms with Crippen LogP contribution in [0.25, 0.3) is 0 Å². The van der Waals surface area contributed by atoms with Crippen molar-refractivity contribution in [3.05, 3.63) is 58.9 Å². The lowest BCUT2D eigenvalue weighted by Gasteiger charge is -2.21. The SMILES string of the molecule is Cc1cc(C(C)(C)C)ccc1Oc1cccc(F)c1CO. The Balaban J connectivity index is 2.35. The minimum absolute atomic E-state index is 0.0679. The van der Waals surface area contributed by atoms with E-state index in [1.165, 1.54) is 11.6 Å². The van der Waals surface area contributed by atoms with Gasteiger partial charge in [-0.3, -0.25) is 0 Å². The van der Waals surface area contributed by atoms with Crippen LogP contribution in [0.15, 0.2) is 36.4 Å². The minimum Gasteiger partial charge on any atom is -0.457 e. The Morgan fingerprint density at radius 1 is 1.10 bits per heavy atom. The zero-order valence-electron chi connectivity index (χ0n) is 12.9. The van der Waals surface area contributed by atoms with Crippen LogP contribution < -0.4 is 4.74 Å². The molecule has 0 bridgehead atoms. The standard InChI is InChI=1S/C18H21FO2/c1-12-10-13(18(2,3)4)8-9-16(12)21-17-7-5-6-15(19)14(17)11-20/h5-10,20H,11H2,1-4H3. The summed E-state index contributed by atoms with van der Waals surface area (Å²) in [6.07, 6.45) is 0. The summed E-state index contributed by atoms with van der Waals surface area (Å²) in [6, 6.07) is 10.5. The lowest BCUT2D eigenvalue weighted by atomic mass is 9.86. The number of halogens is 1. The number of aliphatic hydroxyl groups excluding tert-OH is 1. The average Bonchev–Trinajstić information content (AvgIpc) is 2.40. The number of ether oxygens (including phenoxy) is 1. The van der Waals surface area contributed by atoms with Crippen molar-refractivity contribution in [3.63, 3.8) is 0 Å². The van der Waals surface area contributed by atoms with E-state index < -0.39 is 5.82 Å². The second-order valence-electron chi connectivity index (χ2n) is 6.21. The van der Waals surface area contributed by atoms with Crippen LogP contribution in [0.3, 0.4) is 0 Å². The van der Waals surface area contributed by atoms with Crippen LogP contribution >= 0.6 is 0 Å². The van der Waals surface area contributed by atoms with Gasteiger partial charge >= 0.3 is 0 Å². The molecular formula is C18H21FO2. The highest BCUT2D eigenvalue weighted by molar-refractivity contribution is 5.43. The Kier molecular flexibility index (Phi) is 4.33. The maximum absolute atomic E-state index is 13.6. The molecule has 112 valence electrons. The third-order valence-electron chi connectivity index (χ3n) is 3.49. The number of aryl methyl sites for hydroxylation is 1. The van der Waals surface area contributed by atoms with Crippen molar-refractivity contribution in [2.24, 2.45) is 0 Å². The molecule has 3 heteroatoms. The third kappa shape index (κ3) is 3.42. The van der Waals surface area contributed by atoms with Crippen molar-refractivity contribution in [2.75, 3.05) is 0 Å². The van der Waals surface area contributed by atoms with Crippen LogP contribution in [0.1, 0.15) is 37.5 Å². The minimum atomic E-state index is -0.459. The Bertz CT molecular complexity index is 642. The molecule has 1 N–H and O–H groups in total. The molecule has 0 amide bonds. The second-order valence-corrected chi connectivity index (χ2v) is 6.21. The molecule has 0 aliphatic rings. The largest absolute Gasteiger partial charge is 0.457 e. The van der Waals surface area contributed by atoms with E-state index in [-0.39, 0.29) is 17.6 Å². The third-order valence-corrected chi connectivity index (χ3v) is 3.49. The van der Waals surface area contributed by atoms with Crippen LogP contribution in [0.4, 0.5) is 4.39 Å². The predicted octanol–water partition coefficient (Wildman–Crippen LogP) is 4.72. The fraction of sp³-hybridized carbons (Fsp3) is 0.333. The number of benzene rings is 2. The van der Waals surface area contributed by atoms with Gasteiger partial charge in [0.15, 0.2) is 0 Å². The van der Waals surface area contributed by atoms with Crippen molar-refractivity contribution in [2.45, 2.75) is 39.7 Å². The molecule has 2 nitrogen and oxygen atoms in total. The van der Waals surface area contributed by atoms with Gasteiger partial charge in [0.1, 0.15) is 17.3 Å². The summed E-state index contributed by atoms with van der Waals surface area (Å²) >= 11 is 0. The molecule has 0 aromatic heterocycles. The molecule has 0 aliphatic heterocycles. The zero-order valence-corrected chi connectivity index (χ0v) is 12.9. The van der Waals surface area contributed by atoms with Crippen LogP contribution in [0.5, 0.6) is 11.5 Å². The van der Waals surface area contributed by atoms with Crippen molar-refractivity contribution in [3.8, 4) is 11.5 Å². The van der Waals surface area contributed by atoms with E-state index in [9.17, 15) is 9.50 Å². The van der Waals surface area contributed by atoms with Gasteiger partial charge in [0, 0.05) is 0 Å². The molecule has 0 heterocycles. The number of hydrogen-bond donors (Lipinski definition) is 1. The Hall–Kier alpha value is -1.87. The molecule has 21 heavy (non-hydrogen) atoms. The molecule has 0 saturated heterocycles. The summed E-state index contributed by atoms with van der Waals surface area (Å²) in [5.74, 6) is 0.561. The maximum Gasteiger partial charge on any atom is 0.135 e. The Morgan fingerprint density at radius 3 is 2.38 bits per heavy atom. The molecule has 0 spiro atoms. The summed E-state index contributed by atoms with van der Waals surface area (Å²) < 4.78 is 19.4. The Labute approximate surface area is 125 Å². The zero-order chi connectivity index (χ0) is 15.6. The smallest absolute Gasteiger partial charge is 0.135 e. The molecule has 0 saturated carbocycles. The van der Waals surface area contributed by atoms with E-state index in [4.69, 9.17) is 4.74 Å². The van der Waals surface area contributed by atoms with Gasteiger partial charge in [-0.25, -0.2) is 4.39 Å². The first-order valence-corrected chi connectivity index (χ1v) is 7.00. The van der Waals surface area contributed by atoms with Crippen LogP contribution in [0.2, 0.25) is 0 Å². The molecule has 0 fully saturated rings. The first-order valence-electron chi connectivity index (χ1n) is 7.00. The van der Waals surface area contributed by atoms with E-state index in [1.54, 1.807) is 12.1 Å². The summed E-state index contributed by atoms with van der Waals surface area (Å²) in [6.45, 7) is 8.03. The lowest BCUT2D eigenvalue weighted by molar-refractivity contribution is 0.270. The van der Waals surface area contributed by atoms with E-state index in [0.29, 0.717) is 11.5 Å². The van der Waals surface area contributed by atoms with Gasteiger partial charge in [-0.2, -0.15) is 0 Å². The number of rotatable bonds is 3. The van der Waals surface area contributed by atoms with Crippen LogP contribution in [-0.4, -0.2) is 5.11 Å². The quantitative estimate of drug-likeness (QED) is 0.885. The summed E-state index contributed by atoms with van der Waals surface area (Å²) in [5.41, 5.74) is 2.44. The summed E-state index contributed by atoms with van der Waals surface area (Å²) in [5, 5.41) is 9.28. The van der Waals surface area contributed by atoms with Crippen molar-refractivity contribution in [1.29, 1.82) is 0 Å². The average molecular weight is 288 g/mol. The first kappa shape index (κ1) is 15.5. The molecule has 0 aliphatic carbocycles. The van der Waals surface area contributed by atoms with Crippen molar-refractivity contribution in [1.82, 2.24) is 0 Å². The van der Waals surface area contributed by atoms with Gasteiger partial charge in [-0.1, -0.05) is 39.0 Å². The van der Waals surface area contributed by atoms with E-state index in [1.807, 2.05) is 19.1 Å². The van der Waals surface area contributed by atoms with Crippen LogP contribution in [-0.2, 0) is 12.0 Å². The predicted molar refractivity (Wildman–Crippen MR) is 82.3 cm³/mol. The molecule has 2 rings (SSSR count). The van der Waals surface area contributed by atoms with Gasteiger partial charge in [0.2, 0.25) is 0 Å². The van der Waals surface area contributed by atoms with Gasteiger partial charge in [0.05, 0.1) is 12.2 Å². The highest BCUT2D eigenvalue weighted by Crippen LogP contribution is 2.32. The molecule has 0 radical (unpaired) electrons. The van der Waals surface area contributed by atoms with Crippen molar-refractivity contribution < 1.29 is 14.2 Å². The normalized spacial score (nSPS) is 11.5. The number of hydrogen-bond acceptors (Lipinski definition) is 2. The van der Waals surface area contributed by atoms with Gasteiger partial charge in [0.25, 0.3) is 0 Å². The molecule has 2 aromatic carbocycles. The topological polar surface area (TPSA) is 29.5 Å². The number of aliphatic hydroxyl groups is 1. The fourth-order valence-electron chi connectivity index (χ4n) is 2.14. The van der Waals surface area contributed by atoms with E-state index >= 15 is 0 Å². The monoisotopic (exact) mass is 288 g/mol. The Morgan fingerprint density at radius 2 is 1.81 bits per heavy atom. The van der Waals surface area contributed by atoms with Gasteiger partial charge in [-0.05, 0) is 41.7 Å². The van der Waals surface area contributed by atoms with E-state index in [2.05, 4.69) is 26.8 Å². The van der Waals surface area contributed by atoms with Crippen molar-refractivity contribution >= 4 is 0 Å². The lowest BCUT2D eigenvalue weighted by Crippen LogP contribution is -2.11. The molecule has 0 atom stereocenters. The second kappa shape index (κ2) is 5.86. The maximum atomic E-state index is 13.6. The van der Waals surface area contributed by atoms with E-state index in [0.717, 1.165) is 5.56 Å². The summed E-state index contributed by atoms with van der Waals surface area (Å²) in [7, 11) is 0. The van der Waals surface area contributed by atoms with Crippen LogP contribution in [0, 0.1) is 12.7 Å². The first-order chi connectivity index (χ1) is 9.82. The summed E-state index contributed by atoms with van der Waals surface area (Å²) in [4.78, 5) is 0. The molecule has 0 unspecified atom stereocenters. The fourth-order valence-corrected chi connectivity index (χ4v) is 2.14. The molecular weight excluding hydrogens is 267 g/mol. The molecule has 2 aromatic rings. The van der Waals surface area contributed by atoms with Gasteiger partial charge < -0.3 is 9.84 Å². The highest BCUT2D eigenvalue weighted by Gasteiger charge is 2.16. The highest BCUT2D eigenvalue weighted by atomic mass is 19.1. The van der Waals surface area contributed by atoms with Gasteiger partial charge in [-0.15, -0.1) is 0 Å².